The molecule has 0 saturated carbocycles. The monoisotopic (exact) mass is 313 g/mol. The molecule has 0 aliphatic carbocycles. The van der Waals surface area contributed by atoms with Crippen LogP contribution >= 0.6 is 11.3 Å². The van der Waals surface area contributed by atoms with Crippen molar-refractivity contribution in [2.75, 3.05) is 10.5 Å². The maximum absolute atomic E-state index is 12.2. The molecule has 0 spiro atoms. The number of nitrogen functional groups attached to an aromatic ring is 1. The van der Waals surface area contributed by atoms with E-state index in [0.717, 1.165) is 28.3 Å². The number of carboxylic acid groups (broad SMARTS) is 1. The van der Waals surface area contributed by atoms with E-state index >= 15 is 0 Å². The number of rotatable bonds is 4. The first-order valence-corrected chi connectivity index (χ1v) is 7.67. The first-order chi connectivity index (χ1) is 9.29. The van der Waals surface area contributed by atoms with Gasteiger partial charge in [0.2, 0.25) is 0 Å². The molecule has 7 nitrogen and oxygen atoms in total. The van der Waals surface area contributed by atoms with Crippen molar-refractivity contribution in [1.82, 2.24) is 4.98 Å². The third-order valence-electron chi connectivity index (χ3n) is 2.37. The number of aromatic carboxylic acids is 1. The second kappa shape index (κ2) is 5.10. The highest BCUT2D eigenvalue weighted by Crippen LogP contribution is 2.24. The fraction of sp³-hybridized carbons (Fsp3) is 0.0909. The first kappa shape index (κ1) is 14.3. The summed E-state index contributed by atoms with van der Waals surface area (Å²) in [6, 6.07) is 3.58. The van der Waals surface area contributed by atoms with Gasteiger partial charge in [-0.1, -0.05) is 0 Å². The minimum absolute atomic E-state index is 0.173. The number of carboxylic acids is 1. The zero-order valence-electron chi connectivity index (χ0n) is 10.3. The Kier molecular flexibility index (Phi) is 3.64. The van der Waals surface area contributed by atoms with Gasteiger partial charge in [0.1, 0.15) is 4.90 Å². The number of carbonyl (C=O) groups is 1. The Bertz CT molecular complexity index is 768. The summed E-state index contributed by atoms with van der Waals surface area (Å²) in [5, 5.41) is 9.24. The smallest absolute Gasteiger partial charge is 0.337 e. The average Bonchev–Trinajstić information content (AvgIpc) is 2.73. The summed E-state index contributed by atoms with van der Waals surface area (Å²) in [7, 11) is -4.03. The lowest BCUT2D eigenvalue weighted by atomic mass is 10.2. The van der Waals surface area contributed by atoms with E-state index in [1.165, 1.54) is 12.3 Å². The quantitative estimate of drug-likeness (QED) is 0.736. The predicted molar refractivity (Wildman–Crippen MR) is 75.5 cm³/mol. The third kappa shape index (κ3) is 2.89. The van der Waals surface area contributed by atoms with Crippen LogP contribution in [-0.2, 0) is 10.0 Å². The normalized spacial score (nSPS) is 11.2. The van der Waals surface area contributed by atoms with E-state index in [0.29, 0.717) is 0 Å². The van der Waals surface area contributed by atoms with Crippen LogP contribution in [0.4, 0.5) is 10.8 Å². The van der Waals surface area contributed by atoms with E-state index < -0.39 is 16.0 Å². The van der Waals surface area contributed by atoms with Gasteiger partial charge >= 0.3 is 5.97 Å². The fourth-order valence-corrected chi connectivity index (χ4v) is 3.61. The number of aryl methyl sites for hydroxylation is 1. The fourth-order valence-electron chi connectivity index (χ4n) is 1.52. The van der Waals surface area contributed by atoms with Crippen molar-refractivity contribution < 1.29 is 18.3 Å². The van der Waals surface area contributed by atoms with Crippen LogP contribution in [0.15, 0.2) is 29.3 Å². The Balaban J connectivity index is 2.46. The lowest BCUT2D eigenvalue weighted by Gasteiger charge is -2.08. The number of thiazole rings is 1. The molecule has 1 aromatic heterocycles. The van der Waals surface area contributed by atoms with Gasteiger partial charge in [0.25, 0.3) is 10.0 Å². The number of sulfonamides is 1. The molecule has 0 aliphatic rings. The number of hydrogen-bond donors (Lipinski definition) is 3. The molecule has 0 radical (unpaired) electrons. The molecule has 9 heteroatoms. The molecule has 0 amide bonds. The second-order valence-corrected chi connectivity index (χ2v) is 6.83. The van der Waals surface area contributed by atoms with Crippen molar-refractivity contribution in [3.8, 4) is 0 Å². The Morgan fingerprint density at radius 3 is 2.70 bits per heavy atom. The Morgan fingerprint density at radius 1 is 1.45 bits per heavy atom. The lowest BCUT2D eigenvalue weighted by molar-refractivity contribution is 0.0692. The van der Waals surface area contributed by atoms with E-state index in [9.17, 15) is 13.2 Å². The number of hydrogen-bond acceptors (Lipinski definition) is 6. The van der Waals surface area contributed by atoms with E-state index in [1.54, 1.807) is 6.92 Å². The van der Waals surface area contributed by atoms with Crippen molar-refractivity contribution in [1.29, 1.82) is 0 Å². The van der Waals surface area contributed by atoms with Crippen LogP contribution in [0, 0.1) is 6.92 Å². The van der Waals surface area contributed by atoms with E-state index in [4.69, 9.17) is 10.8 Å². The first-order valence-electron chi connectivity index (χ1n) is 5.37. The van der Waals surface area contributed by atoms with Gasteiger partial charge in [0.05, 0.1) is 5.56 Å². The van der Waals surface area contributed by atoms with E-state index in [-0.39, 0.29) is 21.3 Å². The minimum atomic E-state index is -4.03. The van der Waals surface area contributed by atoms with Gasteiger partial charge in [-0.2, -0.15) is 0 Å². The number of anilines is 2. The molecule has 2 aromatic rings. The van der Waals surface area contributed by atoms with Gasteiger partial charge in [0, 0.05) is 16.8 Å². The Morgan fingerprint density at radius 2 is 2.15 bits per heavy atom. The highest BCUT2D eigenvalue weighted by atomic mass is 32.2. The Labute approximate surface area is 119 Å². The number of nitrogens with zero attached hydrogens (tertiary/aromatic N) is 1. The summed E-state index contributed by atoms with van der Waals surface area (Å²) in [6.45, 7) is 1.78. The van der Waals surface area contributed by atoms with Crippen LogP contribution in [-0.4, -0.2) is 24.5 Å². The van der Waals surface area contributed by atoms with Gasteiger partial charge in [-0.15, -0.1) is 11.3 Å². The molecular formula is C11H11N3O4S2. The molecule has 0 aliphatic heterocycles. The van der Waals surface area contributed by atoms with Gasteiger partial charge in [-0.3, -0.25) is 4.72 Å². The summed E-state index contributed by atoms with van der Waals surface area (Å²) in [4.78, 5) is 15.5. The van der Waals surface area contributed by atoms with Gasteiger partial charge < -0.3 is 10.8 Å². The average molecular weight is 313 g/mol. The maximum atomic E-state index is 12.2. The molecule has 4 N–H and O–H groups in total. The molecule has 0 saturated heterocycles. The number of nitrogens with two attached hydrogens (primary N) is 1. The standard InChI is InChI=1S/C11H11N3O4S2/c1-6-5-13-11(19-6)14-20(17,18)9-3-2-7(12)4-8(9)10(15)16/h2-5H,12H2,1H3,(H,13,14)(H,15,16). The van der Waals surface area contributed by atoms with Crippen LogP contribution in [0.1, 0.15) is 15.2 Å². The van der Waals surface area contributed by atoms with Crippen molar-refractivity contribution >= 4 is 38.1 Å². The predicted octanol–water partition coefficient (Wildman–Crippen LogP) is 1.53. The van der Waals surface area contributed by atoms with Gasteiger partial charge in [-0.25, -0.2) is 18.2 Å². The summed E-state index contributed by atoms with van der Waals surface area (Å²) in [5.41, 5.74) is 5.26. The second-order valence-electron chi connectivity index (χ2n) is 3.94. The van der Waals surface area contributed by atoms with Crippen LogP contribution in [0.3, 0.4) is 0 Å². The zero-order chi connectivity index (χ0) is 14.9. The molecule has 2 rings (SSSR count). The van der Waals surface area contributed by atoms with Gasteiger partial charge in [0.15, 0.2) is 5.13 Å². The molecule has 20 heavy (non-hydrogen) atoms. The van der Waals surface area contributed by atoms with Crippen molar-refractivity contribution in [3.63, 3.8) is 0 Å². The van der Waals surface area contributed by atoms with Crippen molar-refractivity contribution in [2.45, 2.75) is 11.8 Å². The number of benzene rings is 1. The maximum Gasteiger partial charge on any atom is 0.337 e. The molecule has 0 fully saturated rings. The molecule has 0 atom stereocenters. The third-order valence-corrected chi connectivity index (χ3v) is 4.72. The summed E-state index contributed by atoms with van der Waals surface area (Å²) < 4.78 is 26.6. The van der Waals surface area contributed by atoms with Crippen LogP contribution in [0.5, 0.6) is 0 Å². The van der Waals surface area contributed by atoms with E-state index in [2.05, 4.69) is 9.71 Å². The van der Waals surface area contributed by atoms with Gasteiger partial charge in [-0.05, 0) is 25.1 Å². The van der Waals surface area contributed by atoms with Crippen molar-refractivity contribution in [3.05, 3.63) is 34.8 Å². The summed E-state index contributed by atoms with van der Waals surface area (Å²) in [6.07, 6.45) is 1.52. The Hall–Kier alpha value is -2.13. The zero-order valence-corrected chi connectivity index (χ0v) is 12.0. The topological polar surface area (TPSA) is 122 Å². The summed E-state index contributed by atoms with van der Waals surface area (Å²) >= 11 is 1.15. The van der Waals surface area contributed by atoms with Crippen LogP contribution < -0.4 is 10.5 Å². The molecular weight excluding hydrogens is 302 g/mol. The lowest BCUT2D eigenvalue weighted by Crippen LogP contribution is -2.17. The highest BCUT2D eigenvalue weighted by Gasteiger charge is 2.23. The van der Waals surface area contributed by atoms with Crippen LogP contribution in [0.2, 0.25) is 0 Å². The van der Waals surface area contributed by atoms with Crippen molar-refractivity contribution in [2.24, 2.45) is 0 Å². The van der Waals surface area contributed by atoms with Crippen LogP contribution in [0.25, 0.3) is 0 Å². The van der Waals surface area contributed by atoms with E-state index in [1.807, 2.05) is 0 Å². The SMILES string of the molecule is Cc1cnc(NS(=O)(=O)c2ccc(N)cc2C(=O)O)s1. The molecule has 1 aromatic carbocycles. The molecule has 106 valence electrons. The molecule has 0 unspecified atom stereocenters. The number of aromatic nitrogens is 1. The largest absolute Gasteiger partial charge is 0.478 e. The summed E-state index contributed by atoms with van der Waals surface area (Å²) in [5.74, 6) is -1.37. The minimum Gasteiger partial charge on any atom is -0.478 e. The number of nitrogens with one attached hydrogen (secondary N) is 1. The molecule has 1 heterocycles. The highest BCUT2D eigenvalue weighted by molar-refractivity contribution is 7.93. The molecule has 0 bridgehead atoms.